The van der Waals surface area contributed by atoms with Crippen molar-refractivity contribution in [2.75, 3.05) is 10.5 Å². The first-order chi connectivity index (χ1) is 9.47. The molecule has 3 N–H and O–H groups in total. The summed E-state index contributed by atoms with van der Waals surface area (Å²) in [4.78, 5) is 4.57. The average molecular weight is 373 g/mol. The van der Waals surface area contributed by atoms with Crippen molar-refractivity contribution in [3.05, 3.63) is 40.3 Å². The number of hydrogen-bond donors (Lipinski definition) is 2. The Hall–Kier alpha value is -1.58. The molecule has 0 spiro atoms. The maximum atomic E-state index is 12.4. The summed E-state index contributed by atoms with van der Waals surface area (Å²) in [6.45, 7) is 0. The lowest BCUT2D eigenvalue weighted by atomic mass is 10.3. The lowest BCUT2D eigenvalue weighted by Gasteiger charge is -2.07. The number of nitrogen functional groups attached to an aromatic ring is 1. The molecule has 6 nitrogen and oxygen atoms in total. The number of fused-ring (bicyclic) bond motifs is 1. The standard InChI is InChI=1S/C11H9BrN4O2S2/c12-7-1-3-8(4-2-7)15-20(17,18)10-9(13)14-11-16(10)5-6-19-11/h1-6,15H,13H2. The number of halogens is 1. The molecular weight excluding hydrogens is 364 g/mol. The maximum Gasteiger partial charge on any atom is 0.281 e. The summed E-state index contributed by atoms with van der Waals surface area (Å²) in [6, 6.07) is 6.81. The first-order valence-corrected chi connectivity index (χ1v) is 8.62. The third kappa shape index (κ3) is 2.28. The number of nitrogens with zero attached hydrogens (tertiary/aromatic N) is 2. The van der Waals surface area contributed by atoms with Crippen LogP contribution < -0.4 is 10.5 Å². The van der Waals surface area contributed by atoms with E-state index in [9.17, 15) is 8.42 Å². The molecule has 0 amide bonds. The molecule has 0 aliphatic carbocycles. The van der Waals surface area contributed by atoms with Crippen LogP contribution in [0.2, 0.25) is 0 Å². The summed E-state index contributed by atoms with van der Waals surface area (Å²) in [5.41, 5.74) is 6.17. The Bertz CT molecular complexity index is 868. The van der Waals surface area contributed by atoms with Gasteiger partial charge in [-0.05, 0) is 24.3 Å². The van der Waals surface area contributed by atoms with Gasteiger partial charge in [-0.1, -0.05) is 15.9 Å². The van der Waals surface area contributed by atoms with E-state index in [0.717, 1.165) is 4.47 Å². The van der Waals surface area contributed by atoms with E-state index in [-0.39, 0.29) is 10.8 Å². The molecule has 2 aromatic heterocycles. The molecule has 0 unspecified atom stereocenters. The fourth-order valence-electron chi connectivity index (χ4n) is 1.77. The second-order valence-electron chi connectivity index (χ2n) is 3.97. The van der Waals surface area contributed by atoms with E-state index < -0.39 is 10.0 Å². The highest BCUT2D eigenvalue weighted by atomic mass is 79.9. The minimum atomic E-state index is -3.79. The van der Waals surface area contributed by atoms with E-state index in [1.54, 1.807) is 35.8 Å². The number of thiazole rings is 1. The molecule has 0 aliphatic rings. The van der Waals surface area contributed by atoms with Crippen molar-refractivity contribution in [2.24, 2.45) is 0 Å². The van der Waals surface area contributed by atoms with E-state index in [0.29, 0.717) is 10.6 Å². The summed E-state index contributed by atoms with van der Waals surface area (Å²) in [6.07, 6.45) is 1.62. The van der Waals surface area contributed by atoms with Gasteiger partial charge in [-0.3, -0.25) is 9.12 Å². The largest absolute Gasteiger partial charge is 0.381 e. The molecule has 0 aliphatic heterocycles. The van der Waals surface area contributed by atoms with Gasteiger partial charge in [0.05, 0.1) is 0 Å². The van der Waals surface area contributed by atoms with E-state index in [4.69, 9.17) is 5.73 Å². The Morgan fingerprint density at radius 3 is 2.70 bits per heavy atom. The number of nitrogens with two attached hydrogens (primary N) is 1. The molecule has 3 rings (SSSR count). The molecule has 0 radical (unpaired) electrons. The van der Waals surface area contributed by atoms with Crippen LogP contribution >= 0.6 is 27.3 Å². The van der Waals surface area contributed by atoms with Crippen molar-refractivity contribution in [3.63, 3.8) is 0 Å². The third-order valence-electron chi connectivity index (χ3n) is 2.59. The third-order valence-corrected chi connectivity index (χ3v) is 5.30. The second kappa shape index (κ2) is 4.76. The quantitative estimate of drug-likeness (QED) is 0.738. The Balaban J connectivity index is 2.05. The molecule has 20 heavy (non-hydrogen) atoms. The van der Waals surface area contributed by atoms with Crippen molar-refractivity contribution in [3.8, 4) is 0 Å². The normalized spacial score (nSPS) is 11.8. The van der Waals surface area contributed by atoms with Gasteiger partial charge in [-0.25, -0.2) is 4.98 Å². The predicted molar refractivity (Wildman–Crippen MR) is 82.4 cm³/mol. The van der Waals surface area contributed by atoms with E-state index >= 15 is 0 Å². The maximum absolute atomic E-state index is 12.4. The summed E-state index contributed by atoms with van der Waals surface area (Å²) < 4.78 is 29.7. The van der Waals surface area contributed by atoms with E-state index in [1.165, 1.54) is 15.7 Å². The number of imidazole rings is 1. The summed E-state index contributed by atoms with van der Waals surface area (Å²) in [5.74, 6) is -0.0125. The van der Waals surface area contributed by atoms with Gasteiger partial charge in [0.15, 0.2) is 10.8 Å². The van der Waals surface area contributed by atoms with Crippen LogP contribution in [0.3, 0.4) is 0 Å². The smallest absolute Gasteiger partial charge is 0.281 e. The van der Waals surface area contributed by atoms with Gasteiger partial charge in [0, 0.05) is 21.7 Å². The molecule has 0 atom stereocenters. The molecular formula is C11H9BrN4O2S2. The summed E-state index contributed by atoms with van der Waals surface area (Å²) in [7, 11) is -3.79. The lowest BCUT2D eigenvalue weighted by Crippen LogP contribution is -2.16. The monoisotopic (exact) mass is 372 g/mol. The van der Waals surface area contributed by atoms with E-state index in [1.807, 2.05) is 0 Å². The number of rotatable bonds is 3. The SMILES string of the molecule is Nc1nc2sccn2c1S(=O)(=O)Nc1ccc(Br)cc1. The number of anilines is 2. The zero-order valence-electron chi connectivity index (χ0n) is 9.95. The first-order valence-electron chi connectivity index (χ1n) is 5.47. The van der Waals surface area contributed by atoms with Gasteiger partial charge in [-0.15, -0.1) is 11.3 Å². The molecule has 1 aromatic carbocycles. The van der Waals surface area contributed by atoms with Crippen LogP contribution in [0.25, 0.3) is 4.96 Å². The van der Waals surface area contributed by atoms with Crippen molar-refractivity contribution in [1.29, 1.82) is 0 Å². The highest BCUT2D eigenvalue weighted by Crippen LogP contribution is 2.25. The Morgan fingerprint density at radius 2 is 2.00 bits per heavy atom. The number of benzene rings is 1. The first kappa shape index (κ1) is 13.4. The molecule has 104 valence electrons. The number of sulfonamides is 1. The Morgan fingerprint density at radius 1 is 1.30 bits per heavy atom. The van der Waals surface area contributed by atoms with E-state index in [2.05, 4.69) is 25.6 Å². The van der Waals surface area contributed by atoms with Crippen molar-refractivity contribution in [1.82, 2.24) is 9.38 Å². The number of nitrogens with one attached hydrogen (secondary N) is 1. The van der Waals surface area contributed by atoms with Crippen molar-refractivity contribution >= 4 is 53.8 Å². The molecule has 0 saturated carbocycles. The highest BCUT2D eigenvalue weighted by molar-refractivity contribution is 9.10. The molecule has 0 saturated heterocycles. The Kier molecular flexibility index (Phi) is 3.19. The van der Waals surface area contributed by atoms with Gasteiger partial charge in [0.2, 0.25) is 5.03 Å². The molecule has 2 heterocycles. The van der Waals surface area contributed by atoms with Crippen LogP contribution in [0, 0.1) is 0 Å². The molecule has 3 aromatic rings. The van der Waals surface area contributed by atoms with Gasteiger partial charge < -0.3 is 5.73 Å². The van der Waals surface area contributed by atoms with Gasteiger partial charge in [0.25, 0.3) is 10.0 Å². The lowest BCUT2D eigenvalue weighted by molar-refractivity contribution is 0.597. The van der Waals surface area contributed by atoms with Crippen LogP contribution in [-0.4, -0.2) is 17.8 Å². The topological polar surface area (TPSA) is 89.5 Å². The van der Waals surface area contributed by atoms with Crippen LogP contribution in [0.1, 0.15) is 0 Å². The van der Waals surface area contributed by atoms with Crippen molar-refractivity contribution in [2.45, 2.75) is 5.03 Å². The second-order valence-corrected chi connectivity index (χ2v) is 7.36. The summed E-state index contributed by atoms with van der Waals surface area (Å²) >= 11 is 4.61. The highest BCUT2D eigenvalue weighted by Gasteiger charge is 2.24. The van der Waals surface area contributed by atoms with Gasteiger partial charge in [-0.2, -0.15) is 8.42 Å². The van der Waals surface area contributed by atoms with Gasteiger partial charge >= 0.3 is 0 Å². The van der Waals surface area contributed by atoms with Crippen LogP contribution in [-0.2, 0) is 10.0 Å². The molecule has 0 bridgehead atoms. The van der Waals surface area contributed by atoms with Crippen LogP contribution in [0.15, 0.2) is 45.3 Å². The molecule has 0 fully saturated rings. The average Bonchev–Trinajstić information content (AvgIpc) is 2.91. The predicted octanol–water partition coefficient (Wildman–Crippen LogP) is 2.54. The zero-order chi connectivity index (χ0) is 14.3. The zero-order valence-corrected chi connectivity index (χ0v) is 13.2. The Labute approximate surface area is 127 Å². The van der Waals surface area contributed by atoms with Gasteiger partial charge in [0.1, 0.15) is 0 Å². The minimum absolute atomic E-state index is 0.0125. The number of hydrogen-bond acceptors (Lipinski definition) is 5. The van der Waals surface area contributed by atoms with Crippen molar-refractivity contribution < 1.29 is 8.42 Å². The van der Waals surface area contributed by atoms with Crippen LogP contribution in [0.4, 0.5) is 11.5 Å². The summed E-state index contributed by atoms with van der Waals surface area (Å²) in [5, 5.41) is 1.71. The fraction of sp³-hybridized carbons (Fsp3) is 0. The van der Waals surface area contributed by atoms with Crippen LogP contribution in [0.5, 0.6) is 0 Å². The molecule has 9 heteroatoms. The minimum Gasteiger partial charge on any atom is -0.381 e. The number of aromatic nitrogens is 2. The fourth-order valence-corrected chi connectivity index (χ4v) is 4.08.